The Bertz CT molecular complexity index is 470. The van der Waals surface area contributed by atoms with Gasteiger partial charge in [0.25, 0.3) is 0 Å². The first-order valence-electron chi connectivity index (χ1n) is 7.33. The maximum atomic E-state index is 3.88. The molecule has 2 nitrogen and oxygen atoms in total. The predicted molar refractivity (Wildman–Crippen MR) is 73.0 cm³/mol. The first kappa shape index (κ1) is 11.0. The van der Waals surface area contributed by atoms with Gasteiger partial charge in [-0.2, -0.15) is 0 Å². The van der Waals surface area contributed by atoms with Crippen LogP contribution in [0.15, 0.2) is 24.3 Å². The third-order valence-corrected chi connectivity index (χ3v) is 5.01. The summed E-state index contributed by atoms with van der Waals surface area (Å²) in [7, 11) is 0. The van der Waals surface area contributed by atoms with E-state index in [0.29, 0.717) is 6.17 Å². The van der Waals surface area contributed by atoms with Gasteiger partial charge in [-0.15, -0.1) is 0 Å². The largest absolute Gasteiger partial charge is 0.295 e. The van der Waals surface area contributed by atoms with Gasteiger partial charge < -0.3 is 0 Å². The summed E-state index contributed by atoms with van der Waals surface area (Å²) in [6, 6.07) is 10.5. The number of benzene rings is 1. The van der Waals surface area contributed by atoms with Crippen molar-refractivity contribution in [3.05, 3.63) is 35.4 Å². The summed E-state index contributed by atoms with van der Waals surface area (Å²) in [6.07, 6.45) is 3.21. The minimum Gasteiger partial charge on any atom is -0.295 e. The lowest BCUT2D eigenvalue weighted by molar-refractivity contribution is 0.162. The molecule has 5 unspecified atom stereocenters. The number of nitrogens with one attached hydrogen (secondary N) is 1. The molecule has 0 saturated heterocycles. The fraction of sp³-hybridized carbons (Fsp3) is 0.625. The molecule has 1 aromatic rings. The number of fused-ring (bicyclic) bond motifs is 1. The van der Waals surface area contributed by atoms with Gasteiger partial charge in [0.15, 0.2) is 0 Å². The standard InChI is InChI=1S/C16H22N2/c1-10-7-14(10)17-16-13-6-4-3-5-12(13)9-18(16)15-8-11(15)2/h3-6,10-11,14-17H,7-9H2,1-2H3. The predicted octanol–water partition coefficient (Wildman–Crippen LogP) is 2.91. The minimum absolute atomic E-state index is 0.478. The molecule has 1 heterocycles. The van der Waals surface area contributed by atoms with E-state index < -0.39 is 0 Å². The van der Waals surface area contributed by atoms with Crippen LogP contribution in [0.2, 0.25) is 0 Å². The molecule has 18 heavy (non-hydrogen) atoms. The van der Waals surface area contributed by atoms with Crippen molar-refractivity contribution in [1.82, 2.24) is 10.2 Å². The van der Waals surface area contributed by atoms with E-state index in [1.165, 1.54) is 24.0 Å². The van der Waals surface area contributed by atoms with E-state index in [-0.39, 0.29) is 0 Å². The topological polar surface area (TPSA) is 15.3 Å². The van der Waals surface area contributed by atoms with Crippen LogP contribution in [0.5, 0.6) is 0 Å². The van der Waals surface area contributed by atoms with Gasteiger partial charge in [-0.25, -0.2) is 0 Å². The van der Waals surface area contributed by atoms with Gasteiger partial charge in [-0.05, 0) is 35.8 Å². The Labute approximate surface area is 109 Å². The number of rotatable bonds is 3. The van der Waals surface area contributed by atoms with Gasteiger partial charge in [0, 0.05) is 18.6 Å². The SMILES string of the molecule is CC1CC1NC1c2ccccc2CN1C1CC1C. The molecule has 2 heteroatoms. The van der Waals surface area contributed by atoms with Crippen molar-refractivity contribution in [2.24, 2.45) is 11.8 Å². The summed E-state index contributed by atoms with van der Waals surface area (Å²) in [5.74, 6) is 1.76. The van der Waals surface area contributed by atoms with Crippen LogP contribution in [-0.2, 0) is 6.54 Å². The van der Waals surface area contributed by atoms with Crippen molar-refractivity contribution in [3.8, 4) is 0 Å². The smallest absolute Gasteiger partial charge is 0.0871 e. The van der Waals surface area contributed by atoms with E-state index in [1.54, 1.807) is 0 Å². The zero-order valence-corrected chi connectivity index (χ0v) is 11.3. The molecule has 0 bridgehead atoms. The monoisotopic (exact) mass is 242 g/mol. The Morgan fingerprint density at radius 2 is 1.83 bits per heavy atom. The molecule has 0 amide bonds. The van der Waals surface area contributed by atoms with Crippen molar-refractivity contribution < 1.29 is 0 Å². The molecule has 0 spiro atoms. The molecule has 96 valence electrons. The first-order chi connectivity index (χ1) is 8.74. The van der Waals surface area contributed by atoms with Crippen LogP contribution in [0.4, 0.5) is 0 Å². The number of nitrogens with zero attached hydrogens (tertiary/aromatic N) is 1. The second-order valence-corrected chi connectivity index (χ2v) is 6.54. The summed E-state index contributed by atoms with van der Waals surface area (Å²) in [5, 5.41) is 3.88. The van der Waals surface area contributed by atoms with Gasteiger partial charge >= 0.3 is 0 Å². The maximum Gasteiger partial charge on any atom is 0.0871 e. The minimum atomic E-state index is 0.478. The molecule has 2 aliphatic carbocycles. The average molecular weight is 242 g/mol. The molecular formula is C16H22N2. The quantitative estimate of drug-likeness (QED) is 0.876. The molecule has 2 saturated carbocycles. The van der Waals surface area contributed by atoms with E-state index >= 15 is 0 Å². The zero-order valence-electron chi connectivity index (χ0n) is 11.3. The van der Waals surface area contributed by atoms with Crippen LogP contribution in [0.1, 0.15) is 44.0 Å². The molecule has 1 N–H and O–H groups in total. The third kappa shape index (κ3) is 1.70. The van der Waals surface area contributed by atoms with Crippen molar-refractivity contribution in [3.63, 3.8) is 0 Å². The highest BCUT2D eigenvalue weighted by Gasteiger charge is 2.46. The fourth-order valence-electron chi connectivity index (χ4n) is 3.43. The van der Waals surface area contributed by atoms with E-state index in [2.05, 4.69) is 48.3 Å². The average Bonchev–Trinajstić information content (AvgIpc) is 3.22. The molecule has 3 aliphatic rings. The van der Waals surface area contributed by atoms with E-state index in [0.717, 1.165) is 30.5 Å². The van der Waals surface area contributed by atoms with E-state index in [9.17, 15) is 0 Å². The summed E-state index contributed by atoms with van der Waals surface area (Å²) in [4.78, 5) is 2.69. The van der Waals surface area contributed by atoms with Crippen LogP contribution in [-0.4, -0.2) is 17.0 Å². The number of hydrogen-bond donors (Lipinski definition) is 1. The number of hydrogen-bond acceptors (Lipinski definition) is 2. The van der Waals surface area contributed by atoms with Crippen LogP contribution >= 0.6 is 0 Å². The van der Waals surface area contributed by atoms with Crippen LogP contribution in [0.3, 0.4) is 0 Å². The normalized spacial score (nSPS) is 41.8. The van der Waals surface area contributed by atoms with Gasteiger partial charge in [0.1, 0.15) is 0 Å². The molecule has 0 radical (unpaired) electrons. The van der Waals surface area contributed by atoms with Gasteiger partial charge in [0.2, 0.25) is 0 Å². The Hall–Kier alpha value is -0.860. The highest BCUT2D eigenvalue weighted by atomic mass is 15.3. The molecule has 5 atom stereocenters. The Balaban J connectivity index is 1.61. The zero-order chi connectivity index (χ0) is 12.3. The third-order valence-electron chi connectivity index (χ3n) is 5.01. The molecule has 1 aromatic carbocycles. The second kappa shape index (κ2) is 3.82. The lowest BCUT2D eigenvalue weighted by Crippen LogP contribution is -2.37. The van der Waals surface area contributed by atoms with E-state index in [4.69, 9.17) is 0 Å². The maximum absolute atomic E-state index is 3.88. The Kier molecular flexibility index (Phi) is 2.33. The van der Waals surface area contributed by atoms with Crippen LogP contribution < -0.4 is 5.32 Å². The van der Waals surface area contributed by atoms with Crippen molar-refractivity contribution >= 4 is 0 Å². The lowest BCUT2D eigenvalue weighted by atomic mass is 10.1. The fourth-order valence-corrected chi connectivity index (χ4v) is 3.43. The molecule has 0 aromatic heterocycles. The van der Waals surface area contributed by atoms with Gasteiger partial charge in [-0.3, -0.25) is 10.2 Å². The first-order valence-corrected chi connectivity index (χ1v) is 7.33. The Morgan fingerprint density at radius 3 is 2.50 bits per heavy atom. The molecule has 2 fully saturated rings. The summed E-state index contributed by atoms with van der Waals surface area (Å²) < 4.78 is 0. The molecule has 4 rings (SSSR count). The highest BCUT2D eigenvalue weighted by molar-refractivity contribution is 5.34. The van der Waals surface area contributed by atoms with Crippen molar-refractivity contribution in [1.29, 1.82) is 0 Å². The lowest BCUT2D eigenvalue weighted by Gasteiger charge is -2.26. The van der Waals surface area contributed by atoms with Crippen LogP contribution in [0.25, 0.3) is 0 Å². The molecule has 1 aliphatic heterocycles. The van der Waals surface area contributed by atoms with Gasteiger partial charge in [0.05, 0.1) is 6.17 Å². The molecular weight excluding hydrogens is 220 g/mol. The second-order valence-electron chi connectivity index (χ2n) is 6.54. The van der Waals surface area contributed by atoms with Gasteiger partial charge in [-0.1, -0.05) is 38.1 Å². The van der Waals surface area contributed by atoms with Crippen molar-refractivity contribution in [2.45, 2.75) is 51.5 Å². The summed E-state index contributed by atoms with van der Waals surface area (Å²) >= 11 is 0. The van der Waals surface area contributed by atoms with E-state index in [1.807, 2.05) is 0 Å². The Morgan fingerprint density at radius 1 is 1.11 bits per heavy atom. The van der Waals surface area contributed by atoms with Crippen molar-refractivity contribution in [2.75, 3.05) is 0 Å². The van der Waals surface area contributed by atoms with Crippen LogP contribution in [0, 0.1) is 11.8 Å². The summed E-state index contributed by atoms with van der Waals surface area (Å²) in [5.41, 5.74) is 3.05. The summed E-state index contributed by atoms with van der Waals surface area (Å²) in [6.45, 7) is 5.87. The highest BCUT2D eigenvalue weighted by Crippen LogP contribution is 2.45.